The molecular formula is C19H36N2O4. The lowest BCUT2D eigenvalue weighted by Crippen LogP contribution is -2.60. The van der Waals surface area contributed by atoms with Gasteiger partial charge in [0.15, 0.2) is 0 Å². The highest BCUT2D eigenvalue weighted by Crippen LogP contribution is 2.34. The van der Waals surface area contributed by atoms with Gasteiger partial charge in [0, 0.05) is 46.6 Å². The van der Waals surface area contributed by atoms with E-state index in [2.05, 4.69) is 10.6 Å². The van der Waals surface area contributed by atoms with Crippen LogP contribution in [0.25, 0.3) is 0 Å². The minimum absolute atomic E-state index is 0.0194. The summed E-state index contributed by atoms with van der Waals surface area (Å²) in [5.74, 6) is 0.697. The van der Waals surface area contributed by atoms with E-state index in [0.717, 1.165) is 25.8 Å². The van der Waals surface area contributed by atoms with Crippen LogP contribution in [0.5, 0.6) is 0 Å². The molecule has 6 nitrogen and oxygen atoms in total. The van der Waals surface area contributed by atoms with Crippen molar-refractivity contribution in [2.75, 3.05) is 35.0 Å². The van der Waals surface area contributed by atoms with Crippen molar-refractivity contribution in [2.24, 2.45) is 5.92 Å². The molecule has 2 saturated carbocycles. The van der Waals surface area contributed by atoms with Crippen molar-refractivity contribution in [3.63, 3.8) is 0 Å². The number of hydrogen-bond acceptors (Lipinski definition) is 6. The van der Waals surface area contributed by atoms with E-state index in [0.29, 0.717) is 30.1 Å². The van der Waals surface area contributed by atoms with Crippen LogP contribution in [0.1, 0.15) is 38.5 Å². The van der Waals surface area contributed by atoms with Crippen LogP contribution < -0.4 is 10.6 Å². The lowest BCUT2D eigenvalue weighted by Gasteiger charge is -2.47. The van der Waals surface area contributed by atoms with Crippen LogP contribution in [0.4, 0.5) is 0 Å². The van der Waals surface area contributed by atoms with Gasteiger partial charge in [0.1, 0.15) is 6.10 Å². The van der Waals surface area contributed by atoms with Crippen LogP contribution in [0.3, 0.4) is 0 Å². The van der Waals surface area contributed by atoms with Gasteiger partial charge in [0.25, 0.3) is 0 Å². The second-order valence-electron chi connectivity index (χ2n) is 7.87. The van der Waals surface area contributed by atoms with E-state index in [-0.39, 0.29) is 18.3 Å². The molecule has 6 atom stereocenters. The molecule has 1 saturated heterocycles. The van der Waals surface area contributed by atoms with E-state index >= 15 is 0 Å². The zero-order valence-corrected chi connectivity index (χ0v) is 16.2. The van der Waals surface area contributed by atoms with E-state index in [9.17, 15) is 0 Å². The Morgan fingerprint density at radius 3 is 2.12 bits per heavy atom. The zero-order valence-electron chi connectivity index (χ0n) is 16.2. The largest absolute Gasteiger partial charge is 0.381 e. The highest BCUT2D eigenvalue weighted by atomic mass is 16.6. The average molecular weight is 357 g/mol. The van der Waals surface area contributed by atoms with Crippen molar-refractivity contribution in [3.05, 3.63) is 0 Å². The fourth-order valence-electron chi connectivity index (χ4n) is 5.30. The second-order valence-corrected chi connectivity index (χ2v) is 7.87. The molecule has 146 valence electrons. The summed E-state index contributed by atoms with van der Waals surface area (Å²) in [6, 6.07) is 1.57. The molecule has 25 heavy (non-hydrogen) atoms. The number of rotatable bonds is 6. The third-order valence-electron chi connectivity index (χ3n) is 6.66. The van der Waals surface area contributed by atoms with Gasteiger partial charge < -0.3 is 29.6 Å². The van der Waals surface area contributed by atoms with Crippen LogP contribution >= 0.6 is 0 Å². The zero-order chi connectivity index (χ0) is 17.8. The molecule has 3 rings (SSSR count). The molecule has 3 fully saturated rings. The van der Waals surface area contributed by atoms with Crippen molar-refractivity contribution in [1.82, 2.24) is 10.6 Å². The van der Waals surface area contributed by atoms with E-state index in [1.807, 2.05) is 7.11 Å². The molecule has 0 bridgehead atoms. The van der Waals surface area contributed by atoms with Gasteiger partial charge >= 0.3 is 0 Å². The van der Waals surface area contributed by atoms with Gasteiger partial charge in [-0.15, -0.1) is 0 Å². The Kier molecular flexibility index (Phi) is 7.11. The Bertz CT molecular complexity index is 397. The van der Waals surface area contributed by atoms with Gasteiger partial charge in [0.2, 0.25) is 0 Å². The van der Waals surface area contributed by atoms with Crippen molar-refractivity contribution in [3.8, 4) is 0 Å². The molecule has 6 unspecified atom stereocenters. The lowest BCUT2D eigenvalue weighted by atomic mass is 9.74. The highest BCUT2D eigenvalue weighted by Gasteiger charge is 2.42. The number of nitrogens with one attached hydrogen (secondary N) is 2. The fraction of sp³-hybridized carbons (Fsp3) is 1.00. The molecule has 0 radical (unpaired) electrons. The first-order valence-corrected chi connectivity index (χ1v) is 9.80. The predicted octanol–water partition coefficient (Wildman–Crippen LogP) is 1.33. The molecule has 3 aliphatic rings. The average Bonchev–Trinajstić information content (AvgIpc) is 2.66. The minimum Gasteiger partial charge on any atom is -0.381 e. The molecule has 0 aromatic carbocycles. The summed E-state index contributed by atoms with van der Waals surface area (Å²) in [5, 5.41) is 7.69. The van der Waals surface area contributed by atoms with Gasteiger partial charge in [-0.3, -0.25) is 0 Å². The van der Waals surface area contributed by atoms with E-state index in [4.69, 9.17) is 18.9 Å². The molecule has 0 aromatic rings. The summed E-state index contributed by atoms with van der Waals surface area (Å²) in [6.45, 7) is 1.09. The van der Waals surface area contributed by atoms with Crippen molar-refractivity contribution in [1.29, 1.82) is 0 Å². The Balaban J connectivity index is 1.61. The molecule has 2 N–H and O–H groups in total. The monoisotopic (exact) mass is 356 g/mol. The summed E-state index contributed by atoms with van der Waals surface area (Å²) in [4.78, 5) is 0. The van der Waals surface area contributed by atoms with Crippen LogP contribution in [0, 0.1) is 5.92 Å². The molecule has 2 aliphatic carbocycles. The number of methoxy groups -OCH3 is 4. The Hall–Kier alpha value is -0.240. The van der Waals surface area contributed by atoms with Crippen LogP contribution in [-0.2, 0) is 18.9 Å². The second kappa shape index (κ2) is 9.11. The summed E-state index contributed by atoms with van der Waals surface area (Å²) in [7, 11) is 7.15. The first kappa shape index (κ1) is 19.5. The van der Waals surface area contributed by atoms with Crippen molar-refractivity contribution < 1.29 is 18.9 Å². The first-order valence-electron chi connectivity index (χ1n) is 9.80. The quantitative estimate of drug-likeness (QED) is 0.749. The van der Waals surface area contributed by atoms with Gasteiger partial charge in [-0.25, -0.2) is 0 Å². The summed E-state index contributed by atoms with van der Waals surface area (Å²) >= 11 is 0. The summed E-state index contributed by atoms with van der Waals surface area (Å²) in [5.41, 5.74) is 0. The third kappa shape index (κ3) is 4.37. The molecular weight excluding hydrogens is 320 g/mol. The van der Waals surface area contributed by atoms with Gasteiger partial charge in [-0.2, -0.15) is 0 Å². The topological polar surface area (TPSA) is 61.0 Å². The highest BCUT2D eigenvalue weighted by molar-refractivity contribution is 4.99. The van der Waals surface area contributed by atoms with Crippen LogP contribution in [-0.4, -0.2) is 77.5 Å². The summed E-state index contributed by atoms with van der Waals surface area (Å²) < 4.78 is 22.7. The van der Waals surface area contributed by atoms with Gasteiger partial charge in [-0.1, -0.05) is 0 Å². The Labute approximate surface area is 152 Å². The normalized spacial score (nSPS) is 45.1. The van der Waals surface area contributed by atoms with Crippen molar-refractivity contribution >= 4 is 0 Å². The maximum Gasteiger partial charge on any atom is 0.109 e. The van der Waals surface area contributed by atoms with E-state index in [1.165, 1.54) is 19.3 Å². The fourth-order valence-corrected chi connectivity index (χ4v) is 5.30. The van der Waals surface area contributed by atoms with Crippen LogP contribution in [0.15, 0.2) is 0 Å². The Morgan fingerprint density at radius 1 is 0.800 bits per heavy atom. The number of fused-ring (bicyclic) bond motifs is 1. The molecule has 0 amide bonds. The molecule has 1 aliphatic heterocycles. The SMILES string of the molecule is COC1CCC2C(C1)NCCC2NC1CC(OC)C(OC)C(OC)C1. The summed E-state index contributed by atoms with van der Waals surface area (Å²) in [6.07, 6.45) is 7.32. The maximum atomic E-state index is 5.71. The smallest absolute Gasteiger partial charge is 0.109 e. The minimum atomic E-state index is 0.0194. The molecule has 0 spiro atoms. The first-order chi connectivity index (χ1) is 12.2. The van der Waals surface area contributed by atoms with Gasteiger partial charge in [-0.05, 0) is 51.0 Å². The van der Waals surface area contributed by atoms with Crippen LogP contribution in [0.2, 0.25) is 0 Å². The van der Waals surface area contributed by atoms with Crippen molar-refractivity contribution in [2.45, 2.75) is 81.1 Å². The molecule has 1 heterocycles. The molecule has 6 heteroatoms. The number of ether oxygens (including phenoxy) is 4. The third-order valence-corrected chi connectivity index (χ3v) is 6.66. The predicted molar refractivity (Wildman–Crippen MR) is 96.9 cm³/mol. The van der Waals surface area contributed by atoms with Gasteiger partial charge in [0.05, 0.1) is 18.3 Å². The van der Waals surface area contributed by atoms with E-state index in [1.54, 1.807) is 21.3 Å². The molecule has 0 aromatic heterocycles. The maximum absolute atomic E-state index is 5.71. The number of piperidine rings is 1. The number of hydrogen-bond donors (Lipinski definition) is 2. The lowest BCUT2D eigenvalue weighted by molar-refractivity contribution is -0.136. The standard InChI is InChI=1S/C19H36N2O4/c1-22-13-5-6-14-15(7-8-20-16(14)11-13)21-12-9-17(23-2)19(25-4)18(10-12)24-3/h12-21H,5-11H2,1-4H3. The van der Waals surface area contributed by atoms with E-state index < -0.39 is 0 Å². The Morgan fingerprint density at radius 2 is 1.52 bits per heavy atom.